The molecule has 37 heavy (non-hydrogen) atoms. The van der Waals surface area contributed by atoms with Gasteiger partial charge in [0.2, 0.25) is 0 Å². The third-order valence-electron chi connectivity index (χ3n) is 6.54. The lowest BCUT2D eigenvalue weighted by molar-refractivity contribution is -0.161. The van der Waals surface area contributed by atoms with Crippen LogP contribution in [-0.4, -0.2) is 60.7 Å². The third-order valence-corrected chi connectivity index (χ3v) is 8.14. The van der Waals surface area contributed by atoms with E-state index >= 15 is 0 Å². The second-order valence-electron chi connectivity index (χ2n) is 9.07. The van der Waals surface area contributed by atoms with Crippen molar-refractivity contribution >= 4 is 35.7 Å². The molecule has 3 heterocycles. The van der Waals surface area contributed by atoms with E-state index in [1.54, 1.807) is 6.92 Å². The van der Waals surface area contributed by atoms with Gasteiger partial charge in [-0.15, -0.1) is 11.8 Å². The molecule has 5 rings (SSSR count). The zero-order chi connectivity index (χ0) is 26.2. The molecule has 188 valence electrons. The number of ether oxygens (including phenoxy) is 1. The number of carboxylic acids is 1. The molecule has 2 fully saturated rings. The van der Waals surface area contributed by atoms with Crippen LogP contribution >= 0.6 is 11.8 Å². The van der Waals surface area contributed by atoms with Crippen molar-refractivity contribution in [2.45, 2.75) is 29.2 Å². The normalized spacial score (nSPS) is 23.6. The topological polar surface area (TPSA) is 117 Å². The number of carbonyl (C=O) groups is 3. The molecule has 0 aliphatic carbocycles. The van der Waals surface area contributed by atoms with Crippen molar-refractivity contribution < 1.29 is 29.3 Å². The number of aliphatic hydroxyl groups excluding tert-OH is 1. The summed E-state index contributed by atoms with van der Waals surface area (Å²) >= 11 is 1.30. The Morgan fingerprint density at radius 1 is 1.11 bits per heavy atom. The molecule has 2 aliphatic rings. The quantitative estimate of drug-likeness (QED) is 0.278. The van der Waals surface area contributed by atoms with Gasteiger partial charge in [0.25, 0.3) is 5.91 Å². The minimum Gasteiger partial charge on any atom is -0.478 e. The van der Waals surface area contributed by atoms with Crippen LogP contribution in [0.25, 0.3) is 6.08 Å². The Kier molecular flexibility index (Phi) is 6.57. The molecule has 2 aliphatic heterocycles. The highest BCUT2D eigenvalue weighted by molar-refractivity contribution is 8.02. The van der Waals surface area contributed by atoms with Gasteiger partial charge in [-0.2, -0.15) is 0 Å². The summed E-state index contributed by atoms with van der Waals surface area (Å²) in [6.45, 7) is 1.38. The average Bonchev–Trinajstić information content (AvgIpc) is 3.21. The van der Waals surface area contributed by atoms with Crippen LogP contribution in [0.1, 0.15) is 40.2 Å². The molecule has 2 aromatic carbocycles. The standard InChI is InChI=1S/C28H24N2O6S/c1-28(16-31)23(27(35)36-22(17-8-4-2-5-9-17)18-10-6-3-7-11-18)30-24(32)21(25(30)37-28)15-20-14-19(26(33)34)12-13-29-20/h2-15,22-23,25,31H,16H2,1H3,(H,33,34)/b21-15-/t23-,25?,28-/m0/s1. The molecule has 2 N–H and O–H groups in total. The highest BCUT2D eigenvalue weighted by Gasteiger charge is 2.63. The van der Waals surface area contributed by atoms with Crippen LogP contribution in [0.5, 0.6) is 0 Å². The van der Waals surface area contributed by atoms with E-state index < -0.39 is 34.2 Å². The van der Waals surface area contributed by atoms with Gasteiger partial charge in [-0.1, -0.05) is 60.7 Å². The Balaban J connectivity index is 1.44. The number of carbonyl (C=O) groups excluding carboxylic acids is 2. The number of pyridine rings is 1. The number of benzene rings is 2. The van der Waals surface area contributed by atoms with Crippen molar-refractivity contribution in [1.29, 1.82) is 0 Å². The molecule has 3 atom stereocenters. The summed E-state index contributed by atoms with van der Waals surface area (Å²) in [6, 6.07) is 20.4. The van der Waals surface area contributed by atoms with Crippen molar-refractivity contribution in [3.63, 3.8) is 0 Å². The highest BCUT2D eigenvalue weighted by Crippen LogP contribution is 2.54. The number of carboxylic acid groups (broad SMARTS) is 1. The predicted octanol–water partition coefficient (Wildman–Crippen LogP) is 3.53. The summed E-state index contributed by atoms with van der Waals surface area (Å²) < 4.78 is 5.05. The molecular weight excluding hydrogens is 492 g/mol. The summed E-state index contributed by atoms with van der Waals surface area (Å²) in [7, 11) is 0. The Morgan fingerprint density at radius 2 is 1.73 bits per heavy atom. The van der Waals surface area contributed by atoms with Crippen molar-refractivity contribution in [2.24, 2.45) is 0 Å². The maximum absolute atomic E-state index is 13.7. The van der Waals surface area contributed by atoms with Crippen molar-refractivity contribution in [3.05, 3.63) is 107 Å². The van der Waals surface area contributed by atoms with Crippen LogP contribution in [0.4, 0.5) is 0 Å². The van der Waals surface area contributed by atoms with Crippen LogP contribution in [0.2, 0.25) is 0 Å². The zero-order valence-electron chi connectivity index (χ0n) is 19.9. The number of thioether (sulfide) groups is 1. The van der Waals surface area contributed by atoms with Crippen molar-refractivity contribution in [1.82, 2.24) is 9.88 Å². The number of amides is 1. The Labute approximate surface area is 217 Å². The number of rotatable bonds is 7. The molecule has 8 nitrogen and oxygen atoms in total. The van der Waals surface area contributed by atoms with Gasteiger partial charge in [0, 0.05) is 6.20 Å². The van der Waals surface area contributed by atoms with Gasteiger partial charge in [0.05, 0.1) is 28.2 Å². The van der Waals surface area contributed by atoms with Crippen molar-refractivity contribution in [3.8, 4) is 0 Å². The largest absolute Gasteiger partial charge is 0.478 e. The van der Waals surface area contributed by atoms with Gasteiger partial charge < -0.3 is 19.8 Å². The van der Waals surface area contributed by atoms with Gasteiger partial charge in [0.1, 0.15) is 11.4 Å². The summed E-state index contributed by atoms with van der Waals surface area (Å²) in [6.07, 6.45) is 2.21. The van der Waals surface area contributed by atoms with Gasteiger partial charge in [-0.25, -0.2) is 9.59 Å². The Bertz CT molecular complexity index is 1340. The minimum absolute atomic E-state index is 0.0547. The van der Waals surface area contributed by atoms with Crippen LogP contribution < -0.4 is 0 Å². The van der Waals surface area contributed by atoms with Gasteiger partial charge in [-0.05, 0) is 36.3 Å². The second kappa shape index (κ2) is 9.84. The molecule has 9 heteroatoms. The van der Waals surface area contributed by atoms with E-state index in [1.807, 2.05) is 60.7 Å². The molecule has 3 aromatic rings. The van der Waals surface area contributed by atoms with Gasteiger partial charge in [-0.3, -0.25) is 9.78 Å². The lowest BCUT2D eigenvalue weighted by Crippen LogP contribution is -2.59. The molecule has 1 amide bonds. The summed E-state index contributed by atoms with van der Waals surface area (Å²) in [4.78, 5) is 43.8. The smallest absolute Gasteiger partial charge is 0.335 e. The summed E-state index contributed by atoms with van der Waals surface area (Å²) in [5.41, 5.74) is 2.34. The number of aromatic nitrogens is 1. The first kappa shape index (κ1) is 24.7. The van der Waals surface area contributed by atoms with Crippen molar-refractivity contribution in [2.75, 3.05) is 6.61 Å². The maximum Gasteiger partial charge on any atom is 0.335 e. The predicted molar refractivity (Wildman–Crippen MR) is 137 cm³/mol. The maximum atomic E-state index is 13.7. The monoisotopic (exact) mass is 516 g/mol. The highest BCUT2D eigenvalue weighted by atomic mass is 32.2. The summed E-state index contributed by atoms with van der Waals surface area (Å²) in [5, 5.41) is 19.0. The van der Waals surface area contributed by atoms with E-state index in [0.717, 1.165) is 11.1 Å². The number of aliphatic hydroxyl groups is 1. The van der Waals surface area contributed by atoms with Gasteiger partial charge >= 0.3 is 11.9 Å². The molecule has 0 bridgehead atoms. The molecule has 1 aromatic heterocycles. The number of nitrogens with zero attached hydrogens (tertiary/aromatic N) is 2. The Hall–Kier alpha value is -3.95. The lowest BCUT2D eigenvalue weighted by atomic mass is 9.94. The minimum atomic E-state index is -1.10. The van der Waals surface area contributed by atoms with E-state index in [2.05, 4.69) is 4.98 Å². The van der Waals surface area contributed by atoms with Crippen LogP contribution in [0.15, 0.2) is 84.6 Å². The molecule has 1 unspecified atom stereocenters. The van der Waals surface area contributed by atoms with E-state index in [0.29, 0.717) is 11.3 Å². The molecule has 0 saturated carbocycles. The fourth-order valence-electron chi connectivity index (χ4n) is 4.64. The van der Waals surface area contributed by atoms with Crippen LogP contribution in [0.3, 0.4) is 0 Å². The number of aromatic carboxylic acids is 1. The van der Waals surface area contributed by atoms with E-state index in [1.165, 1.54) is 41.1 Å². The molecule has 0 radical (unpaired) electrons. The van der Waals surface area contributed by atoms with E-state index in [9.17, 15) is 24.6 Å². The fourth-order valence-corrected chi connectivity index (χ4v) is 6.19. The summed E-state index contributed by atoms with van der Waals surface area (Å²) in [5.74, 6) is -2.08. The van der Waals surface area contributed by atoms with Gasteiger partial charge in [0.15, 0.2) is 6.10 Å². The number of hydrogen-bond donors (Lipinski definition) is 2. The first-order valence-corrected chi connectivity index (χ1v) is 12.5. The SMILES string of the molecule is C[C@@]1(CO)SC2/C(=C\c3cc(C(=O)O)ccn3)C(=O)N2[C@H]1C(=O)OC(c1ccccc1)c1ccccc1. The zero-order valence-corrected chi connectivity index (χ0v) is 20.7. The average molecular weight is 517 g/mol. The molecule has 2 saturated heterocycles. The Morgan fingerprint density at radius 3 is 2.30 bits per heavy atom. The van der Waals surface area contributed by atoms with Crippen LogP contribution in [-0.2, 0) is 14.3 Å². The second-order valence-corrected chi connectivity index (χ2v) is 10.7. The number of esters is 1. The fraction of sp³-hybridized carbons (Fsp3) is 0.214. The number of fused-ring (bicyclic) bond motifs is 1. The lowest BCUT2D eigenvalue weighted by Gasteiger charge is -2.40. The molecule has 0 spiro atoms. The first-order valence-electron chi connectivity index (χ1n) is 11.6. The third kappa shape index (κ3) is 4.52. The number of β-lactam (4-membered cyclic amide) rings is 1. The first-order chi connectivity index (χ1) is 17.8. The van der Waals surface area contributed by atoms with E-state index in [4.69, 9.17) is 4.74 Å². The molecular formula is C28H24N2O6S. The van der Waals surface area contributed by atoms with Crippen LogP contribution in [0, 0.1) is 0 Å². The van der Waals surface area contributed by atoms with E-state index in [-0.39, 0.29) is 18.1 Å². The number of hydrogen-bond acceptors (Lipinski definition) is 7.